The Bertz CT molecular complexity index is 795. The van der Waals surface area contributed by atoms with Gasteiger partial charge >= 0.3 is 0 Å². The normalized spacial score (nSPS) is 20.2. The van der Waals surface area contributed by atoms with Crippen LogP contribution in [-0.2, 0) is 0 Å². The lowest BCUT2D eigenvalue weighted by Crippen LogP contribution is -2.20. The summed E-state index contributed by atoms with van der Waals surface area (Å²) < 4.78 is 5.92. The van der Waals surface area contributed by atoms with Crippen molar-refractivity contribution in [3.8, 4) is 16.9 Å². The third kappa shape index (κ3) is 7.76. The third-order valence-corrected chi connectivity index (χ3v) is 7.85. The van der Waals surface area contributed by atoms with E-state index < -0.39 is 0 Å². The average Bonchev–Trinajstić information content (AvgIpc) is 2.87. The Balaban J connectivity index is 1.59. The zero-order valence-corrected chi connectivity index (χ0v) is 21.4. The first-order valence-corrected chi connectivity index (χ1v) is 13.6. The number of unbranched alkanes of at least 4 members (excludes halogenated alkanes) is 2. The van der Waals surface area contributed by atoms with Gasteiger partial charge in [0.05, 0.1) is 6.61 Å². The molecule has 0 radical (unpaired) electrons. The van der Waals surface area contributed by atoms with Crippen LogP contribution in [0.5, 0.6) is 5.75 Å². The van der Waals surface area contributed by atoms with Gasteiger partial charge in [0.15, 0.2) is 0 Å². The van der Waals surface area contributed by atoms with E-state index in [0.717, 1.165) is 37.0 Å². The van der Waals surface area contributed by atoms with Crippen molar-refractivity contribution in [2.45, 2.75) is 90.9 Å². The van der Waals surface area contributed by atoms with Crippen LogP contribution >= 0.6 is 0 Å². The second-order valence-electron chi connectivity index (χ2n) is 10.4. The number of rotatable bonds is 13. The molecule has 0 amide bonds. The number of hydrogen-bond acceptors (Lipinski definition) is 1. The highest BCUT2D eigenvalue weighted by Crippen LogP contribution is 2.42. The largest absolute Gasteiger partial charge is 0.493 e. The van der Waals surface area contributed by atoms with E-state index in [9.17, 15) is 0 Å². The van der Waals surface area contributed by atoms with E-state index in [1.807, 2.05) is 0 Å². The minimum atomic E-state index is 0.594. The van der Waals surface area contributed by atoms with Crippen LogP contribution in [0.1, 0.15) is 96.5 Å². The molecule has 0 N–H and O–H groups in total. The molecular weight excluding hydrogens is 400 g/mol. The Morgan fingerprint density at radius 3 is 2.12 bits per heavy atom. The van der Waals surface area contributed by atoms with Gasteiger partial charge in [0.2, 0.25) is 0 Å². The predicted molar refractivity (Wildman–Crippen MR) is 144 cm³/mol. The standard InChI is InChI=1S/C32H46O/c1-5-8-9-11-26-12-14-29(15-13-26)32(10-6-2)30-18-16-27(17-19-30)28-20-22-31(23-21-28)33-24-25(4)7-3/h6,16-23,25-26,29,32H,2,5,7-15,24H2,1,3-4H3. The second kappa shape index (κ2) is 13.6. The topological polar surface area (TPSA) is 9.23 Å². The Morgan fingerprint density at radius 1 is 0.909 bits per heavy atom. The zero-order valence-electron chi connectivity index (χ0n) is 21.4. The monoisotopic (exact) mass is 446 g/mol. The smallest absolute Gasteiger partial charge is 0.119 e. The molecule has 1 aliphatic carbocycles. The molecule has 2 aromatic rings. The van der Waals surface area contributed by atoms with Crippen molar-refractivity contribution < 1.29 is 4.74 Å². The number of allylic oxidation sites excluding steroid dienone is 1. The summed E-state index contributed by atoms with van der Waals surface area (Å²) in [5, 5.41) is 0. The lowest BCUT2D eigenvalue weighted by atomic mass is 9.71. The molecular formula is C32H46O. The van der Waals surface area contributed by atoms with Gasteiger partial charge in [-0.2, -0.15) is 0 Å². The molecule has 0 spiro atoms. The van der Waals surface area contributed by atoms with Gasteiger partial charge in [0, 0.05) is 0 Å². The maximum absolute atomic E-state index is 5.92. The summed E-state index contributed by atoms with van der Waals surface area (Å²) in [5.74, 6) is 3.95. The molecule has 1 saturated carbocycles. The van der Waals surface area contributed by atoms with E-state index >= 15 is 0 Å². The van der Waals surface area contributed by atoms with Gasteiger partial charge in [-0.25, -0.2) is 0 Å². The quantitative estimate of drug-likeness (QED) is 0.220. The molecule has 33 heavy (non-hydrogen) atoms. The van der Waals surface area contributed by atoms with Crippen LogP contribution in [0, 0.1) is 17.8 Å². The van der Waals surface area contributed by atoms with Crippen LogP contribution in [0.15, 0.2) is 61.2 Å². The number of ether oxygens (including phenoxy) is 1. The van der Waals surface area contributed by atoms with Gasteiger partial charge in [0.25, 0.3) is 0 Å². The maximum Gasteiger partial charge on any atom is 0.119 e. The van der Waals surface area contributed by atoms with E-state index in [1.165, 1.54) is 68.1 Å². The second-order valence-corrected chi connectivity index (χ2v) is 10.4. The Hall–Kier alpha value is -2.02. The Labute approximate surface area is 203 Å². The summed E-state index contributed by atoms with van der Waals surface area (Å²) >= 11 is 0. The highest BCUT2D eigenvalue weighted by molar-refractivity contribution is 5.64. The first kappa shape index (κ1) is 25.6. The number of benzene rings is 2. The molecule has 3 rings (SSSR count). The van der Waals surface area contributed by atoms with Crippen LogP contribution in [0.25, 0.3) is 11.1 Å². The predicted octanol–water partition coefficient (Wildman–Crippen LogP) is 9.82. The van der Waals surface area contributed by atoms with Crippen LogP contribution in [0.4, 0.5) is 0 Å². The molecule has 2 atom stereocenters. The van der Waals surface area contributed by atoms with Gasteiger partial charge in [-0.3, -0.25) is 0 Å². The first-order chi connectivity index (χ1) is 16.1. The highest BCUT2D eigenvalue weighted by atomic mass is 16.5. The zero-order chi connectivity index (χ0) is 23.5. The van der Waals surface area contributed by atoms with E-state index in [-0.39, 0.29) is 0 Å². The van der Waals surface area contributed by atoms with Crippen molar-refractivity contribution >= 4 is 0 Å². The van der Waals surface area contributed by atoms with E-state index in [4.69, 9.17) is 4.74 Å². The summed E-state index contributed by atoms with van der Waals surface area (Å²) in [6, 6.07) is 17.9. The SMILES string of the molecule is C=CCC(c1ccc(-c2ccc(OCC(C)CC)cc2)cc1)C1CCC(CCCCC)CC1. The van der Waals surface area contributed by atoms with E-state index in [1.54, 1.807) is 0 Å². The van der Waals surface area contributed by atoms with Crippen molar-refractivity contribution in [3.05, 3.63) is 66.7 Å². The molecule has 0 bridgehead atoms. The van der Waals surface area contributed by atoms with Gasteiger partial charge in [0.1, 0.15) is 5.75 Å². The van der Waals surface area contributed by atoms with Gasteiger partial charge in [-0.05, 0) is 71.8 Å². The van der Waals surface area contributed by atoms with Crippen molar-refractivity contribution in [2.75, 3.05) is 6.61 Å². The lowest BCUT2D eigenvalue weighted by Gasteiger charge is -2.34. The molecule has 2 aromatic carbocycles. The minimum absolute atomic E-state index is 0.594. The minimum Gasteiger partial charge on any atom is -0.493 e. The molecule has 1 heteroatoms. The molecule has 1 aliphatic rings. The molecule has 0 heterocycles. The van der Waals surface area contributed by atoms with Gasteiger partial charge < -0.3 is 4.74 Å². The molecule has 180 valence electrons. The Morgan fingerprint density at radius 2 is 1.55 bits per heavy atom. The van der Waals surface area contributed by atoms with Gasteiger partial charge in [-0.15, -0.1) is 6.58 Å². The van der Waals surface area contributed by atoms with Crippen LogP contribution in [-0.4, -0.2) is 6.61 Å². The third-order valence-electron chi connectivity index (χ3n) is 7.85. The maximum atomic E-state index is 5.92. The molecule has 1 nitrogen and oxygen atoms in total. The fraction of sp³-hybridized carbons (Fsp3) is 0.562. The number of hydrogen-bond donors (Lipinski definition) is 0. The summed E-state index contributed by atoms with van der Waals surface area (Å²) in [4.78, 5) is 0. The molecule has 2 unspecified atom stereocenters. The Kier molecular flexibility index (Phi) is 10.6. The van der Waals surface area contributed by atoms with Crippen molar-refractivity contribution in [1.82, 2.24) is 0 Å². The van der Waals surface area contributed by atoms with Crippen molar-refractivity contribution in [1.29, 1.82) is 0 Å². The summed E-state index contributed by atoms with van der Waals surface area (Å²) in [7, 11) is 0. The summed E-state index contributed by atoms with van der Waals surface area (Å²) in [6.45, 7) is 11.6. The molecule has 0 saturated heterocycles. The van der Waals surface area contributed by atoms with E-state index in [2.05, 4.69) is 82.0 Å². The van der Waals surface area contributed by atoms with Crippen molar-refractivity contribution in [2.24, 2.45) is 17.8 Å². The molecule has 1 fully saturated rings. The first-order valence-electron chi connectivity index (χ1n) is 13.6. The summed E-state index contributed by atoms with van der Waals surface area (Å²) in [5.41, 5.74) is 4.02. The average molecular weight is 447 g/mol. The highest BCUT2D eigenvalue weighted by Gasteiger charge is 2.27. The molecule has 0 aromatic heterocycles. The van der Waals surface area contributed by atoms with Crippen LogP contribution in [0.2, 0.25) is 0 Å². The fourth-order valence-electron chi connectivity index (χ4n) is 5.37. The fourth-order valence-corrected chi connectivity index (χ4v) is 5.37. The van der Waals surface area contributed by atoms with E-state index in [0.29, 0.717) is 11.8 Å². The summed E-state index contributed by atoms with van der Waals surface area (Å²) in [6.07, 6.45) is 15.6. The van der Waals surface area contributed by atoms with Crippen LogP contribution < -0.4 is 4.74 Å². The molecule has 0 aliphatic heterocycles. The van der Waals surface area contributed by atoms with Crippen molar-refractivity contribution in [3.63, 3.8) is 0 Å². The van der Waals surface area contributed by atoms with Gasteiger partial charge in [-0.1, -0.05) is 108 Å². The lowest BCUT2D eigenvalue weighted by molar-refractivity contribution is 0.230. The van der Waals surface area contributed by atoms with Crippen LogP contribution in [0.3, 0.4) is 0 Å².